The molecule has 0 saturated carbocycles. The summed E-state index contributed by atoms with van der Waals surface area (Å²) in [6, 6.07) is 16.3. The molecular weight excluding hydrogens is 288 g/mol. The predicted molar refractivity (Wildman–Crippen MR) is 81.3 cm³/mol. The molecule has 0 fully saturated rings. The number of nitriles is 1. The highest BCUT2D eigenvalue weighted by molar-refractivity contribution is 6.31. The zero-order chi connectivity index (χ0) is 15.2. The second kappa shape index (κ2) is 6.78. The second-order valence-corrected chi connectivity index (χ2v) is 4.91. The molecule has 0 bridgehead atoms. The highest BCUT2D eigenvalue weighted by Gasteiger charge is 2.13. The number of aliphatic carboxylic acids is 1. The molecule has 0 saturated heterocycles. The van der Waals surface area contributed by atoms with Gasteiger partial charge in [-0.05, 0) is 29.8 Å². The molecule has 0 unspecified atom stereocenters. The van der Waals surface area contributed by atoms with E-state index in [-0.39, 0.29) is 6.54 Å². The van der Waals surface area contributed by atoms with Gasteiger partial charge in [0.2, 0.25) is 0 Å². The van der Waals surface area contributed by atoms with E-state index in [1.807, 2.05) is 36.4 Å². The molecule has 1 N–H and O–H groups in total. The number of carbonyl (C=O) groups is 1. The van der Waals surface area contributed by atoms with E-state index in [9.17, 15) is 4.79 Å². The summed E-state index contributed by atoms with van der Waals surface area (Å²) in [4.78, 5) is 12.8. The molecule has 0 atom stereocenters. The molecule has 2 rings (SSSR count). The number of rotatable bonds is 5. The van der Waals surface area contributed by atoms with Crippen LogP contribution in [0.2, 0.25) is 5.02 Å². The number of carboxylic acid groups (broad SMARTS) is 1. The first-order chi connectivity index (χ1) is 10.1. The average Bonchev–Trinajstić information content (AvgIpc) is 2.49. The van der Waals surface area contributed by atoms with Crippen molar-refractivity contribution in [2.75, 3.05) is 11.4 Å². The number of hydrogen-bond donors (Lipinski definition) is 1. The number of anilines is 1. The van der Waals surface area contributed by atoms with Gasteiger partial charge in [-0.2, -0.15) is 5.26 Å². The van der Waals surface area contributed by atoms with E-state index < -0.39 is 5.97 Å². The van der Waals surface area contributed by atoms with Crippen molar-refractivity contribution >= 4 is 23.3 Å². The quantitative estimate of drug-likeness (QED) is 0.920. The van der Waals surface area contributed by atoms with Crippen LogP contribution < -0.4 is 4.90 Å². The third kappa shape index (κ3) is 3.98. The van der Waals surface area contributed by atoms with Gasteiger partial charge in [-0.25, -0.2) is 0 Å². The van der Waals surface area contributed by atoms with Crippen LogP contribution in [0.1, 0.15) is 11.1 Å². The molecule has 0 aliphatic rings. The van der Waals surface area contributed by atoms with Crippen LogP contribution in [-0.2, 0) is 11.3 Å². The summed E-state index contributed by atoms with van der Waals surface area (Å²) in [7, 11) is 0. The van der Waals surface area contributed by atoms with Gasteiger partial charge in [0, 0.05) is 17.3 Å². The molecule has 0 amide bonds. The Morgan fingerprint density at radius 1 is 1.24 bits per heavy atom. The maximum atomic E-state index is 11.0. The highest BCUT2D eigenvalue weighted by atomic mass is 35.5. The summed E-state index contributed by atoms with van der Waals surface area (Å²) >= 11 is 6.15. The zero-order valence-corrected chi connectivity index (χ0v) is 11.9. The SMILES string of the molecule is N#Cc1ccc(CN(CC(=O)O)c2ccccc2)c(Cl)c1. The predicted octanol–water partition coefficient (Wildman–Crippen LogP) is 3.30. The summed E-state index contributed by atoms with van der Waals surface area (Å²) in [6.45, 7) is 0.237. The minimum Gasteiger partial charge on any atom is -0.480 e. The lowest BCUT2D eigenvalue weighted by molar-refractivity contribution is -0.135. The number of carboxylic acids is 1. The van der Waals surface area contributed by atoms with E-state index >= 15 is 0 Å². The number of nitrogens with zero attached hydrogens (tertiary/aromatic N) is 2. The molecule has 0 aromatic heterocycles. The summed E-state index contributed by atoms with van der Waals surface area (Å²) in [5.41, 5.74) is 2.06. The molecule has 106 valence electrons. The Morgan fingerprint density at radius 3 is 2.52 bits per heavy atom. The van der Waals surface area contributed by atoms with Crippen LogP contribution in [0.3, 0.4) is 0 Å². The Bertz CT molecular complexity index is 680. The number of benzene rings is 2. The van der Waals surface area contributed by atoms with E-state index in [2.05, 4.69) is 0 Å². The van der Waals surface area contributed by atoms with Crippen LogP contribution in [0.15, 0.2) is 48.5 Å². The van der Waals surface area contributed by atoms with Crippen LogP contribution in [0.5, 0.6) is 0 Å². The van der Waals surface area contributed by atoms with E-state index in [1.54, 1.807) is 23.1 Å². The van der Waals surface area contributed by atoms with Crippen molar-refractivity contribution in [2.45, 2.75) is 6.54 Å². The number of para-hydroxylation sites is 1. The lowest BCUT2D eigenvalue weighted by Crippen LogP contribution is -2.29. The third-order valence-electron chi connectivity index (χ3n) is 2.99. The lowest BCUT2D eigenvalue weighted by Gasteiger charge is -2.23. The summed E-state index contributed by atoms with van der Waals surface area (Å²) in [5.74, 6) is -0.913. The van der Waals surface area contributed by atoms with Crippen molar-refractivity contribution in [3.63, 3.8) is 0 Å². The minimum absolute atomic E-state index is 0.125. The molecule has 4 nitrogen and oxygen atoms in total. The highest BCUT2D eigenvalue weighted by Crippen LogP contribution is 2.22. The molecule has 0 heterocycles. The molecule has 0 radical (unpaired) electrons. The molecule has 0 aliphatic heterocycles. The Labute approximate surface area is 127 Å². The van der Waals surface area contributed by atoms with Gasteiger partial charge in [0.15, 0.2) is 0 Å². The van der Waals surface area contributed by atoms with Crippen molar-refractivity contribution in [3.05, 3.63) is 64.7 Å². The normalized spacial score (nSPS) is 9.90. The van der Waals surface area contributed by atoms with Crippen LogP contribution in [0.4, 0.5) is 5.69 Å². The molecule has 2 aromatic rings. The fourth-order valence-corrected chi connectivity index (χ4v) is 2.23. The molecule has 5 heteroatoms. The zero-order valence-electron chi connectivity index (χ0n) is 11.2. The second-order valence-electron chi connectivity index (χ2n) is 4.50. The van der Waals surface area contributed by atoms with Gasteiger partial charge in [-0.1, -0.05) is 35.9 Å². The molecule has 2 aromatic carbocycles. The fraction of sp³-hybridized carbons (Fsp3) is 0.125. The maximum absolute atomic E-state index is 11.0. The first-order valence-corrected chi connectivity index (χ1v) is 6.68. The molecular formula is C16H13ClN2O2. The standard InChI is InChI=1S/C16H13ClN2O2/c17-15-8-12(9-18)6-7-13(15)10-19(11-16(20)21)14-4-2-1-3-5-14/h1-8H,10-11H2,(H,20,21). The van der Waals surface area contributed by atoms with Crippen LogP contribution in [-0.4, -0.2) is 17.6 Å². The van der Waals surface area contributed by atoms with Gasteiger partial charge in [-0.15, -0.1) is 0 Å². The van der Waals surface area contributed by atoms with Crippen molar-refractivity contribution in [3.8, 4) is 6.07 Å². The summed E-state index contributed by atoms with van der Waals surface area (Å²) < 4.78 is 0. The van der Waals surface area contributed by atoms with E-state index in [4.69, 9.17) is 22.0 Å². The maximum Gasteiger partial charge on any atom is 0.323 e. The topological polar surface area (TPSA) is 64.3 Å². The largest absolute Gasteiger partial charge is 0.480 e. The van der Waals surface area contributed by atoms with E-state index in [0.29, 0.717) is 17.1 Å². The molecule has 21 heavy (non-hydrogen) atoms. The van der Waals surface area contributed by atoms with Gasteiger partial charge in [-0.3, -0.25) is 4.79 Å². The summed E-state index contributed by atoms with van der Waals surface area (Å²) in [5, 5.41) is 18.4. The van der Waals surface area contributed by atoms with Gasteiger partial charge >= 0.3 is 5.97 Å². The molecule has 0 spiro atoms. The average molecular weight is 301 g/mol. The lowest BCUT2D eigenvalue weighted by atomic mass is 10.1. The van der Waals surface area contributed by atoms with Gasteiger partial charge in [0.05, 0.1) is 11.6 Å². The first-order valence-electron chi connectivity index (χ1n) is 6.30. The Morgan fingerprint density at radius 2 is 1.95 bits per heavy atom. The van der Waals surface area contributed by atoms with Crippen LogP contribution in [0.25, 0.3) is 0 Å². The molecule has 0 aliphatic carbocycles. The fourth-order valence-electron chi connectivity index (χ4n) is 1.99. The Kier molecular flexibility index (Phi) is 4.81. The van der Waals surface area contributed by atoms with E-state index in [0.717, 1.165) is 11.3 Å². The van der Waals surface area contributed by atoms with Gasteiger partial charge < -0.3 is 10.0 Å². The smallest absolute Gasteiger partial charge is 0.323 e. The first kappa shape index (κ1) is 14.9. The summed E-state index contributed by atoms with van der Waals surface area (Å²) in [6.07, 6.45) is 0. The minimum atomic E-state index is -0.913. The van der Waals surface area contributed by atoms with E-state index in [1.165, 1.54) is 0 Å². The number of hydrogen-bond acceptors (Lipinski definition) is 3. The van der Waals surface area contributed by atoms with Crippen molar-refractivity contribution in [2.24, 2.45) is 0 Å². The van der Waals surface area contributed by atoms with Gasteiger partial charge in [0.25, 0.3) is 0 Å². The van der Waals surface area contributed by atoms with Crippen LogP contribution >= 0.6 is 11.6 Å². The van der Waals surface area contributed by atoms with Crippen molar-refractivity contribution < 1.29 is 9.90 Å². The number of halogens is 1. The van der Waals surface area contributed by atoms with Crippen molar-refractivity contribution in [1.82, 2.24) is 0 Å². The van der Waals surface area contributed by atoms with Gasteiger partial charge in [0.1, 0.15) is 6.54 Å². The third-order valence-corrected chi connectivity index (χ3v) is 3.34. The Balaban J connectivity index is 2.27. The monoisotopic (exact) mass is 300 g/mol. The Hall–Kier alpha value is -2.51. The van der Waals surface area contributed by atoms with Crippen molar-refractivity contribution in [1.29, 1.82) is 5.26 Å². The van der Waals surface area contributed by atoms with Crippen LogP contribution in [0, 0.1) is 11.3 Å².